The van der Waals surface area contributed by atoms with Gasteiger partial charge in [0.1, 0.15) is 5.75 Å². The predicted octanol–water partition coefficient (Wildman–Crippen LogP) is 3.62. The summed E-state index contributed by atoms with van der Waals surface area (Å²) >= 11 is 3.20. The minimum atomic E-state index is 0.656. The maximum Gasteiger partial charge on any atom is 0.206 e. The molecule has 0 unspecified atom stereocenters. The zero-order chi connectivity index (χ0) is 14.2. The molecule has 0 aliphatic heterocycles. The van der Waals surface area contributed by atoms with E-state index in [1.807, 2.05) is 18.2 Å². The third-order valence-electron chi connectivity index (χ3n) is 2.37. The van der Waals surface area contributed by atoms with Crippen molar-refractivity contribution < 1.29 is 4.74 Å². The molecule has 0 aliphatic carbocycles. The molecule has 6 heteroatoms. The first-order chi connectivity index (χ1) is 9.78. The smallest absolute Gasteiger partial charge is 0.206 e. The molecule has 0 fully saturated rings. The highest BCUT2D eigenvalue weighted by Crippen LogP contribution is 2.25. The van der Waals surface area contributed by atoms with Gasteiger partial charge in [-0.15, -0.1) is 16.8 Å². The first kappa shape index (κ1) is 14.9. The van der Waals surface area contributed by atoms with E-state index in [4.69, 9.17) is 4.74 Å². The van der Waals surface area contributed by atoms with Gasteiger partial charge >= 0.3 is 0 Å². The minimum absolute atomic E-state index is 0.656. The molecule has 1 heterocycles. The average Bonchev–Trinajstić information content (AvgIpc) is 2.89. The third kappa shape index (κ3) is 4.86. The summed E-state index contributed by atoms with van der Waals surface area (Å²) in [5.74, 6) is 1.76. The lowest BCUT2D eigenvalue weighted by Gasteiger charge is -2.05. The van der Waals surface area contributed by atoms with Crippen LogP contribution in [0.5, 0.6) is 5.75 Å². The van der Waals surface area contributed by atoms with Gasteiger partial charge in [0, 0.05) is 12.3 Å². The van der Waals surface area contributed by atoms with Crippen LogP contribution in [0.2, 0.25) is 0 Å². The summed E-state index contributed by atoms with van der Waals surface area (Å²) in [4.78, 5) is 0. The summed E-state index contributed by atoms with van der Waals surface area (Å²) in [5.41, 5.74) is 1.21. The molecule has 0 atom stereocenters. The van der Waals surface area contributed by atoms with E-state index in [-0.39, 0.29) is 0 Å². The molecule has 4 nitrogen and oxygen atoms in total. The molecule has 0 saturated heterocycles. The van der Waals surface area contributed by atoms with Gasteiger partial charge in [0.2, 0.25) is 5.13 Å². The summed E-state index contributed by atoms with van der Waals surface area (Å²) in [6.45, 7) is 7.07. The van der Waals surface area contributed by atoms with E-state index in [2.05, 4.69) is 35.1 Å². The van der Waals surface area contributed by atoms with Crippen LogP contribution in [0.15, 0.2) is 41.3 Å². The molecule has 1 aromatic carbocycles. The van der Waals surface area contributed by atoms with E-state index in [0.717, 1.165) is 21.0 Å². The minimum Gasteiger partial charge on any atom is -0.493 e. The predicted molar refractivity (Wildman–Crippen MR) is 86.0 cm³/mol. The first-order valence-corrected chi connectivity index (χ1v) is 8.08. The highest BCUT2D eigenvalue weighted by molar-refractivity contribution is 8.01. The highest BCUT2D eigenvalue weighted by Gasteiger charge is 2.03. The largest absolute Gasteiger partial charge is 0.493 e. The fraction of sp³-hybridized carbons (Fsp3) is 0.286. The molecule has 2 rings (SSSR count). The quantitative estimate of drug-likeness (QED) is 0.458. The Bertz CT molecular complexity index is 557. The third-order valence-corrected chi connectivity index (χ3v) is 4.35. The first-order valence-electron chi connectivity index (χ1n) is 6.28. The van der Waals surface area contributed by atoms with Gasteiger partial charge in [0.05, 0.1) is 6.61 Å². The number of aryl methyl sites for hydroxylation is 1. The molecule has 0 bridgehead atoms. The number of rotatable bonds is 8. The van der Waals surface area contributed by atoms with Gasteiger partial charge in [0.15, 0.2) is 4.34 Å². The molecule has 0 saturated carbocycles. The fourth-order valence-electron chi connectivity index (χ4n) is 1.49. The monoisotopic (exact) mass is 307 g/mol. The van der Waals surface area contributed by atoms with Gasteiger partial charge in [-0.2, -0.15) is 0 Å². The summed E-state index contributed by atoms with van der Waals surface area (Å²) in [7, 11) is 0. The number of aromatic nitrogens is 2. The van der Waals surface area contributed by atoms with Crippen molar-refractivity contribution >= 4 is 28.2 Å². The van der Waals surface area contributed by atoms with Crippen LogP contribution >= 0.6 is 23.1 Å². The van der Waals surface area contributed by atoms with Gasteiger partial charge in [-0.3, -0.25) is 0 Å². The zero-order valence-corrected chi connectivity index (χ0v) is 13.0. The Labute approximate surface area is 127 Å². The molecule has 0 spiro atoms. The van der Waals surface area contributed by atoms with Crippen molar-refractivity contribution in [1.29, 1.82) is 0 Å². The Balaban J connectivity index is 1.70. The molecule has 1 aromatic heterocycles. The molecule has 0 amide bonds. The normalized spacial score (nSPS) is 10.2. The molecular weight excluding hydrogens is 290 g/mol. The van der Waals surface area contributed by atoms with Crippen molar-refractivity contribution in [3.63, 3.8) is 0 Å². The van der Waals surface area contributed by atoms with Crippen molar-refractivity contribution in [3.05, 3.63) is 42.5 Å². The van der Waals surface area contributed by atoms with E-state index >= 15 is 0 Å². The van der Waals surface area contributed by atoms with Crippen molar-refractivity contribution in [3.8, 4) is 5.75 Å². The van der Waals surface area contributed by atoms with E-state index < -0.39 is 0 Å². The lowest BCUT2D eigenvalue weighted by molar-refractivity contribution is 0.343. The maximum absolute atomic E-state index is 5.69. The Hall–Kier alpha value is -1.53. The molecule has 106 valence electrons. The second-order valence-corrected chi connectivity index (χ2v) is 6.38. The number of ether oxygens (including phenoxy) is 1. The van der Waals surface area contributed by atoms with Crippen LogP contribution in [0.3, 0.4) is 0 Å². The molecular formula is C14H17N3OS2. The topological polar surface area (TPSA) is 47.0 Å². The van der Waals surface area contributed by atoms with Gasteiger partial charge in [-0.05, 0) is 24.6 Å². The second-order valence-electron chi connectivity index (χ2n) is 4.06. The Morgan fingerprint density at radius 1 is 1.45 bits per heavy atom. The van der Waals surface area contributed by atoms with Crippen molar-refractivity contribution in [2.75, 3.05) is 24.2 Å². The van der Waals surface area contributed by atoms with Crippen LogP contribution in [0.4, 0.5) is 5.13 Å². The molecule has 1 N–H and O–H groups in total. The van der Waals surface area contributed by atoms with E-state index in [1.165, 1.54) is 5.56 Å². The Morgan fingerprint density at radius 2 is 2.35 bits per heavy atom. The molecule has 20 heavy (non-hydrogen) atoms. The van der Waals surface area contributed by atoms with E-state index in [0.29, 0.717) is 13.2 Å². The second kappa shape index (κ2) is 7.91. The van der Waals surface area contributed by atoms with Crippen LogP contribution in [0.25, 0.3) is 0 Å². The van der Waals surface area contributed by atoms with Gasteiger partial charge < -0.3 is 10.1 Å². The summed E-state index contributed by atoms with van der Waals surface area (Å²) in [5, 5.41) is 12.1. The van der Waals surface area contributed by atoms with Crippen LogP contribution in [0.1, 0.15) is 5.56 Å². The SMILES string of the molecule is C=CCNc1nnc(SCCOc2cccc(C)c2)s1. The molecule has 0 radical (unpaired) electrons. The number of hydrogen-bond donors (Lipinski definition) is 1. The lowest BCUT2D eigenvalue weighted by atomic mass is 10.2. The Morgan fingerprint density at radius 3 is 3.15 bits per heavy atom. The summed E-state index contributed by atoms with van der Waals surface area (Å²) in [6, 6.07) is 8.06. The number of hydrogen-bond acceptors (Lipinski definition) is 6. The van der Waals surface area contributed by atoms with Gasteiger partial charge in [-0.25, -0.2) is 0 Å². The zero-order valence-electron chi connectivity index (χ0n) is 11.3. The highest BCUT2D eigenvalue weighted by atomic mass is 32.2. The van der Waals surface area contributed by atoms with Crippen LogP contribution in [-0.4, -0.2) is 29.1 Å². The Kier molecular flexibility index (Phi) is 5.88. The van der Waals surface area contributed by atoms with Crippen molar-refractivity contribution in [2.45, 2.75) is 11.3 Å². The average molecular weight is 307 g/mol. The summed E-state index contributed by atoms with van der Waals surface area (Å²) in [6.07, 6.45) is 1.80. The maximum atomic E-state index is 5.69. The standard InChI is InChI=1S/C14H17N3OS2/c1-3-7-15-13-16-17-14(20-13)19-9-8-18-12-6-4-5-11(2)10-12/h3-6,10H,1,7-9H2,2H3,(H,15,16). The van der Waals surface area contributed by atoms with Gasteiger partial charge in [0.25, 0.3) is 0 Å². The van der Waals surface area contributed by atoms with E-state index in [9.17, 15) is 0 Å². The van der Waals surface area contributed by atoms with Crippen LogP contribution in [-0.2, 0) is 0 Å². The van der Waals surface area contributed by atoms with Crippen molar-refractivity contribution in [1.82, 2.24) is 10.2 Å². The number of nitrogens with zero attached hydrogens (tertiary/aromatic N) is 2. The molecule has 2 aromatic rings. The number of benzene rings is 1. The number of nitrogens with one attached hydrogen (secondary N) is 1. The summed E-state index contributed by atoms with van der Waals surface area (Å²) < 4.78 is 6.64. The fourth-order valence-corrected chi connectivity index (χ4v) is 3.14. The van der Waals surface area contributed by atoms with E-state index in [1.54, 1.807) is 29.2 Å². The number of anilines is 1. The number of thioether (sulfide) groups is 1. The van der Waals surface area contributed by atoms with Crippen molar-refractivity contribution in [2.24, 2.45) is 0 Å². The van der Waals surface area contributed by atoms with Crippen LogP contribution in [0, 0.1) is 6.92 Å². The van der Waals surface area contributed by atoms with Gasteiger partial charge in [-0.1, -0.05) is 41.3 Å². The molecule has 0 aliphatic rings. The lowest BCUT2D eigenvalue weighted by Crippen LogP contribution is -1.99. The van der Waals surface area contributed by atoms with Crippen LogP contribution < -0.4 is 10.1 Å².